The van der Waals surface area contributed by atoms with Crippen LogP contribution < -0.4 is 0 Å². The van der Waals surface area contributed by atoms with Crippen molar-refractivity contribution < 1.29 is 0 Å². The van der Waals surface area contributed by atoms with Crippen LogP contribution in [0.15, 0.2) is 51.5 Å². The quantitative estimate of drug-likeness (QED) is 0.673. The number of H-pyrrole nitrogens is 1. The van der Waals surface area contributed by atoms with E-state index in [2.05, 4.69) is 60.0 Å². The van der Waals surface area contributed by atoms with Crippen LogP contribution in [-0.4, -0.2) is 9.97 Å². The SMILES string of the molecule is Brc1ccc(-c2cc3ncccc3[nH]2)cc1Br. The maximum absolute atomic E-state index is 4.32. The van der Waals surface area contributed by atoms with Crippen molar-refractivity contribution in [3.05, 3.63) is 51.5 Å². The van der Waals surface area contributed by atoms with Gasteiger partial charge in [-0.1, -0.05) is 6.07 Å². The summed E-state index contributed by atoms with van der Waals surface area (Å²) < 4.78 is 2.09. The molecule has 0 aliphatic heterocycles. The predicted octanol–water partition coefficient (Wildman–Crippen LogP) is 4.75. The highest BCUT2D eigenvalue weighted by Crippen LogP contribution is 2.29. The number of nitrogens with one attached hydrogen (secondary N) is 1. The first-order valence-corrected chi connectivity index (χ1v) is 6.72. The first-order valence-electron chi connectivity index (χ1n) is 5.13. The molecule has 2 aromatic heterocycles. The molecule has 1 aromatic carbocycles. The van der Waals surface area contributed by atoms with Gasteiger partial charge >= 0.3 is 0 Å². The van der Waals surface area contributed by atoms with Crippen molar-refractivity contribution >= 4 is 42.9 Å². The van der Waals surface area contributed by atoms with Crippen molar-refractivity contribution in [3.8, 4) is 11.3 Å². The lowest BCUT2D eigenvalue weighted by Gasteiger charge is -2.00. The molecule has 0 spiro atoms. The molecule has 3 aromatic rings. The standard InChI is InChI=1S/C13H8Br2N2/c14-9-4-3-8(6-10(9)15)12-7-13-11(17-12)2-1-5-16-13/h1-7,17H. The second-order valence-corrected chi connectivity index (χ2v) is 5.46. The average Bonchev–Trinajstić information content (AvgIpc) is 2.76. The largest absolute Gasteiger partial charge is 0.353 e. The van der Waals surface area contributed by atoms with Gasteiger partial charge in [-0.25, -0.2) is 0 Å². The van der Waals surface area contributed by atoms with Gasteiger partial charge in [0, 0.05) is 20.8 Å². The molecule has 1 N–H and O–H groups in total. The predicted molar refractivity (Wildman–Crippen MR) is 76.9 cm³/mol. The molecule has 0 aliphatic rings. The van der Waals surface area contributed by atoms with Gasteiger partial charge < -0.3 is 4.98 Å². The summed E-state index contributed by atoms with van der Waals surface area (Å²) in [5.74, 6) is 0. The minimum Gasteiger partial charge on any atom is -0.353 e. The van der Waals surface area contributed by atoms with Crippen LogP contribution >= 0.6 is 31.9 Å². The van der Waals surface area contributed by atoms with Crippen molar-refractivity contribution in [1.29, 1.82) is 0 Å². The molecule has 3 rings (SSSR count). The molecule has 0 aliphatic carbocycles. The summed E-state index contributed by atoms with van der Waals surface area (Å²) in [6, 6.07) is 12.2. The second kappa shape index (κ2) is 4.27. The maximum atomic E-state index is 4.32. The molecule has 0 amide bonds. The summed E-state index contributed by atoms with van der Waals surface area (Å²) in [5, 5.41) is 0. The fourth-order valence-corrected chi connectivity index (χ4v) is 2.40. The number of benzene rings is 1. The maximum Gasteiger partial charge on any atom is 0.0885 e. The molecule has 0 atom stereocenters. The second-order valence-electron chi connectivity index (χ2n) is 3.75. The number of hydrogen-bond acceptors (Lipinski definition) is 1. The molecule has 4 heteroatoms. The fourth-order valence-electron chi connectivity index (χ4n) is 1.78. The van der Waals surface area contributed by atoms with Gasteiger partial charge in [0.15, 0.2) is 0 Å². The molecule has 0 fully saturated rings. The topological polar surface area (TPSA) is 28.7 Å². The third-order valence-electron chi connectivity index (χ3n) is 2.62. The minimum atomic E-state index is 0.988. The number of rotatable bonds is 1. The monoisotopic (exact) mass is 350 g/mol. The highest BCUT2D eigenvalue weighted by Gasteiger charge is 2.05. The van der Waals surface area contributed by atoms with Crippen LogP contribution in [0.5, 0.6) is 0 Å². The Balaban J connectivity index is 2.17. The summed E-state index contributed by atoms with van der Waals surface area (Å²) in [4.78, 5) is 7.68. The van der Waals surface area contributed by atoms with E-state index in [1.165, 1.54) is 0 Å². The molecular weight excluding hydrogens is 344 g/mol. The zero-order valence-electron chi connectivity index (χ0n) is 8.74. The third-order valence-corrected chi connectivity index (χ3v) is 4.50. The van der Waals surface area contributed by atoms with Gasteiger partial charge in [0.05, 0.1) is 11.0 Å². The molecule has 0 radical (unpaired) electrons. The molecule has 17 heavy (non-hydrogen) atoms. The smallest absolute Gasteiger partial charge is 0.0885 e. The van der Waals surface area contributed by atoms with E-state index in [4.69, 9.17) is 0 Å². The van der Waals surface area contributed by atoms with Gasteiger partial charge in [-0.2, -0.15) is 0 Å². The van der Waals surface area contributed by atoms with E-state index < -0.39 is 0 Å². The van der Waals surface area contributed by atoms with Crippen molar-refractivity contribution in [2.75, 3.05) is 0 Å². The minimum absolute atomic E-state index is 0.988. The molecule has 0 unspecified atom stereocenters. The Morgan fingerprint density at radius 1 is 1.00 bits per heavy atom. The molecule has 84 valence electrons. The first kappa shape index (κ1) is 11.0. The van der Waals surface area contributed by atoms with E-state index >= 15 is 0 Å². The Morgan fingerprint density at radius 3 is 2.65 bits per heavy atom. The summed E-state index contributed by atoms with van der Waals surface area (Å²) in [5.41, 5.74) is 4.26. The van der Waals surface area contributed by atoms with Gasteiger partial charge in [-0.05, 0) is 67.8 Å². The molecule has 0 bridgehead atoms. The number of nitrogens with zero attached hydrogens (tertiary/aromatic N) is 1. The van der Waals surface area contributed by atoms with Crippen molar-refractivity contribution in [3.63, 3.8) is 0 Å². The lowest BCUT2D eigenvalue weighted by atomic mass is 10.2. The van der Waals surface area contributed by atoms with E-state index in [0.717, 1.165) is 31.2 Å². The number of aromatic nitrogens is 2. The lowest BCUT2D eigenvalue weighted by molar-refractivity contribution is 1.40. The van der Waals surface area contributed by atoms with E-state index in [1.807, 2.05) is 18.2 Å². The summed E-state index contributed by atoms with van der Waals surface area (Å²) >= 11 is 6.98. The number of aromatic amines is 1. The Labute approximate surface area is 115 Å². The van der Waals surface area contributed by atoms with Crippen molar-refractivity contribution in [1.82, 2.24) is 9.97 Å². The normalized spacial score (nSPS) is 10.9. The van der Waals surface area contributed by atoms with Gasteiger partial charge in [0.2, 0.25) is 0 Å². The number of halogens is 2. The molecule has 0 saturated heterocycles. The van der Waals surface area contributed by atoms with Crippen LogP contribution in [0, 0.1) is 0 Å². The van der Waals surface area contributed by atoms with E-state index in [0.29, 0.717) is 0 Å². The summed E-state index contributed by atoms with van der Waals surface area (Å²) in [6.45, 7) is 0. The van der Waals surface area contributed by atoms with E-state index in [-0.39, 0.29) is 0 Å². The van der Waals surface area contributed by atoms with Crippen LogP contribution in [-0.2, 0) is 0 Å². The van der Waals surface area contributed by atoms with Crippen LogP contribution in [0.4, 0.5) is 0 Å². The Bertz CT molecular complexity index is 656. The lowest BCUT2D eigenvalue weighted by Crippen LogP contribution is -1.78. The third kappa shape index (κ3) is 2.03. The van der Waals surface area contributed by atoms with Crippen LogP contribution in [0.1, 0.15) is 0 Å². The average molecular weight is 352 g/mol. The molecule has 2 heterocycles. The van der Waals surface area contributed by atoms with Gasteiger partial charge in [0.1, 0.15) is 0 Å². The number of hydrogen-bond donors (Lipinski definition) is 1. The Morgan fingerprint density at radius 2 is 1.88 bits per heavy atom. The molecular formula is C13H8Br2N2. The van der Waals surface area contributed by atoms with Crippen molar-refractivity contribution in [2.24, 2.45) is 0 Å². The van der Waals surface area contributed by atoms with Gasteiger partial charge in [0.25, 0.3) is 0 Å². The van der Waals surface area contributed by atoms with Crippen molar-refractivity contribution in [2.45, 2.75) is 0 Å². The summed E-state index contributed by atoms with van der Waals surface area (Å²) in [6.07, 6.45) is 1.80. The first-order chi connectivity index (χ1) is 8.24. The highest BCUT2D eigenvalue weighted by molar-refractivity contribution is 9.13. The highest BCUT2D eigenvalue weighted by atomic mass is 79.9. The number of pyridine rings is 1. The zero-order valence-corrected chi connectivity index (χ0v) is 11.9. The van der Waals surface area contributed by atoms with Gasteiger partial charge in [-0.15, -0.1) is 0 Å². The van der Waals surface area contributed by atoms with E-state index in [9.17, 15) is 0 Å². The van der Waals surface area contributed by atoms with Crippen LogP contribution in [0.3, 0.4) is 0 Å². The van der Waals surface area contributed by atoms with Crippen LogP contribution in [0.25, 0.3) is 22.3 Å². The Hall–Kier alpha value is -1.13. The zero-order chi connectivity index (χ0) is 11.8. The molecule has 0 saturated carbocycles. The van der Waals surface area contributed by atoms with E-state index in [1.54, 1.807) is 6.20 Å². The summed E-state index contributed by atoms with van der Waals surface area (Å²) in [7, 11) is 0. The molecule has 2 nitrogen and oxygen atoms in total. The fraction of sp³-hybridized carbons (Fsp3) is 0. The van der Waals surface area contributed by atoms with Gasteiger partial charge in [-0.3, -0.25) is 4.98 Å². The number of fused-ring (bicyclic) bond motifs is 1. The van der Waals surface area contributed by atoms with Crippen LogP contribution in [0.2, 0.25) is 0 Å². The Kier molecular flexibility index (Phi) is 2.76.